The van der Waals surface area contributed by atoms with Crippen LogP contribution in [0.4, 0.5) is 0 Å². The average Bonchev–Trinajstić information content (AvgIpc) is 0.879. The maximum atomic E-state index is 13.5. The number of hydrogen-bond donors (Lipinski definition) is 7. The highest BCUT2D eigenvalue weighted by Gasteiger charge is 2.44. The molecule has 2 saturated heterocycles. The van der Waals surface area contributed by atoms with Gasteiger partial charge in [0.05, 0.1) is 48.6 Å². The molecule has 2 unspecified atom stereocenters. The SMILES string of the molecule is C.C/C=C/[C@@H](OC)[C@@H](C)C(=O)N[C@H](C(=O)N[C@@H](C)C(=O)N1CCCC(C)(C(=O)OC)N1)C(C)C.C=Cc1cc2cc([C@@H](C)O)ccc2cn1.C=Cc1cc2cc([C@@H](C)OC(=O)C3(C)CCCN(C(=O)[C@H](C)NC(=O)[C@@H](NC(=O)[C@H](C)[C@@H](/C=C/C)OC)C(C)C)N3)ccc2cn1. The van der Waals surface area contributed by atoms with Crippen molar-refractivity contribution in [1.29, 1.82) is 0 Å². The van der Waals surface area contributed by atoms with Crippen molar-refractivity contribution in [3.8, 4) is 0 Å². The number of aromatic nitrogens is 2. The van der Waals surface area contributed by atoms with E-state index in [-0.39, 0.29) is 37.0 Å². The summed E-state index contributed by atoms with van der Waals surface area (Å²) in [7, 11) is 4.35. The fraction of sp³-hybridized carbons (Fsp3) is 0.528. The lowest BCUT2D eigenvalue weighted by Gasteiger charge is -2.41. The number of nitrogens with zero attached hydrogens (tertiary/aromatic N) is 4. The standard InChI is InChI=1S/C35H49N5O6.C23H40N4O6.C13H13NO.CH4/c1-10-13-29(45-9)22(5)31(41)38-30(21(3)4)32(42)37-23(6)33(43)40-17-12-16-35(8,39-40)34(44)46-24(7)25-14-15-26-20-36-28(11-2)19-27(26)18-25;1-9-11-17(32-7)15(4)19(28)25-18(14(2)3)20(29)24-16(5)21(30)27-13-10-12-23(6,26-27)22(31)33-8;1-3-13-7-12-6-10(9(2)15)4-5-11(12)8-14-13;/h10-11,13-15,18-24,29-30,39H,2,12,16-17H2,1,3-9H3,(H,37,42)(H,38,41);9,11,14-18,26H,10,12-13H2,1-8H3,(H,24,29)(H,25,28);3-9,15H,1H2,2H3;1H4/b13-10+;11-9+;;/t22-,23+,24-,29-,30+,35?;15-,16+,17-,18+,23?;9-;/m111./s1. The Bertz CT molecular complexity index is 3350. The lowest BCUT2D eigenvalue weighted by Crippen LogP contribution is -2.65. The molecule has 2 aromatic carbocycles. The van der Waals surface area contributed by atoms with Crippen LogP contribution in [0.25, 0.3) is 33.7 Å². The zero-order valence-corrected chi connectivity index (χ0v) is 58.0. The summed E-state index contributed by atoms with van der Waals surface area (Å²) in [5, 5.41) is 27.3. The van der Waals surface area contributed by atoms with Gasteiger partial charge in [0.1, 0.15) is 41.3 Å². The number of fused-ring (bicyclic) bond motifs is 2. The van der Waals surface area contributed by atoms with Crippen LogP contribution in [0.5, 0.6) is 0 Å². The van der Waals surface area contributed by atoms with E-state index in [4.69, 9.17) is 18.9 Å². The number of nitrogens with one attached hydrogen (secondary N) is 6. The molecule has 0 aliphatic carbocycles. The summed E-state index contributed by atoms with van der Waals surface area (Å²) >= 11 is 0. The number of pyridine rings is 2. The molecule has 0 radical (unpaired) electrons. The number of benzene rings is 2. The normalized spacial score (nSPS) is 19.5. The van der Waals surface area contributed by atoms with Gasteiger partial charge in [-0.1, -0.05) is 111 Å². The third-order valence-electron chi connectivity index (χ3n) is 16.8. The van der Waals surface area contributed by atoms with Crippen LogP contribution in [0.3, 0.4) is 0 Å². The number of allylic oxidation sites excluding steroid dienone is 2. The monoisotopic (exact) mass is 1320 g/mol. The van der Waals surface area contributed by atoms with Gasteiger partial charge in [-0.3, -0.25) is 53.5 Å². The molecule has 95 heavy (non-hydrogen) atoms. The fourth-order valence-electron chi connectivity index (χ4n) is 10.7. The van der Waals surface area contributed by atoms with E-state index in [9.17, 15) is 43.5 Å². The van der Waals surface area contributed by atoms with E-state index >= 15 is 0 Å². The molecule has 0 bridgehead atoms. The van der Waals surface area contributed by atoms with Gasteiger partial charge in [0, 0.05) is 50.5 Å². The Morgan fingerprint density at radius 3 is 1.32 bits per heavy atom. The second-order valence-corrected chi connectivity index (χ2v) is 25.1. The van der Waals surface area contributed by atoms with Crippen LogP contribution in [0.1, 0.15) is 165 Å². The number of hydrogen-bond acceptors (Lipinski definition) is 17. The zero-order chi connectivity index (χ0) is 70.4. The van der Waals surface area contributed by atoms with Gasteiger partial charge in [0.25, 0.3) is 11.8 Å². The van der Waals surface area contributed by atoms with Crippen LogP contribution in [0, 0.1) is 23.7 Å². The van der Waals surface area contributed by atoms with Crippen molar-refractivity contribution in [3.05, 3.63) is 121 Å². The first-order valence-corrected chi connectivity index (χ1v) is 32.1. The van der Waals surface area contributed by atoms with Crippen LogP contribution in [-0.2, 0) is 57.3 Å². The van der Waals surface area contributed by atoms with Gasteiger partial charge >= 0.3 is 11.9 Å². The van der Waals surface area contributed by atoms with Crippen LogP contribution in [-0.4, -0.2) is 154 Å². The molecular weight excluding hydrogens is 1210 g/mol. The van der Waals surface area contributed by atoms with Crippen molar-refractivity contribution in [1.82, 2.24) is 52.1 Å². The quantitative estimate of drug-likeness (QED) is 0.0241. The minimum absolute atomic E-state index is 0. The molecule has 4 aromatic rings. The van der Waals surface area contributed by atoms with Gasteiger partial charge in [-0.05, 0) is 151 Å². The molecule has 2 aromatic heterocycles. The molecule has 6 rings (SSSR count). The van der Waals surface area contributed by atoms with Gasteiger partial charge in [-0.25, -0.2) is 15.6 Å². The number of rotatable bonds is 25. The Labute approximate surface area is 562 Å². The summed E-state index contributed by atoms with van der Waals surface area (Å²) in [6.45, 7) is 32.7. The third kappa shape index (κ3) is 22.4. The first-order chi connectivity index (χ1) is 44.3. The highest BCUT2D eigenvalue weighted by molar-refractivity contribution is 5.94. The summed E-state index contributed by atoms with van der Waals surface area (Å²) in [6.07, 6.45) is 14.5. The van der Waals surface area contributed by atoms with Crippen LogP contribution >= 0.6 is 0 Å². The predicted molar refractivity (Wildman–Crippen MR) is 371 cm³/mol. The minimum Gasteiger partial charge on any atom is -0.468 e. The number of esters is 2. The lowest BCUT2D eigenvalue weighted by atomic mass is 9.94. The molecule has 522 valence electrons. The molecule has 0 saturated carbocycles. The number of hydrazine groups is 2. The Balaban J connectivity index is 0.000000415. The fourth-order valence-corrected chi connectivity index (χ4v) is 10.7. The van der Waals surface area contributed by atoms with Crippen molar-refractivity contribution >= 4 is 81.1 Å². The van der Waals surface area contributed by atoms with Gasteiger partial charge in [0.2, 0.25) is 23.6 Å². The molecule has 7 N–H and O–H groups in total. The van der Waals surface area contributed by atoms with E-state index in [2.05, 4.69) is 55.2 Å². The third-order valence-corrected chi connectivity index (χ3v) is 16.8. The molecular formula is C72H106N10O13. The van der Waals surface area contributed by atoms with Crippen molar-refractivity contribution < 1.29 is 62.4 Å². The number of aliphatic hydroxyl groups is 1. The van der Waals surface area contributed by atoms with Crippen LogP contribution in [0.2, 0.25) is 0 Å². The maximum Gasteiger partial charge on any atom is 0.328 e. The molecule has 2 aliphatic rings. The maximum absolute atomic E-state index is 13.5. The van der Waals surface area contributed by atoms with Gasteiger partial charge in [-0.15, -0.1) is 0 Å². The van der Waals surface area contributed by atoms with Crippen molar-refractivity contribution in [2.75, 3.05) is 34.4 Å². The predicted octanol–water partition coefficient (Wildman–Crippen LogP) is 8.73. The van der Waals surface area contributed by atoms with Crippen LogP contribution in [0.15, 0.2) is 98.4 Å². The number of methoxy groups -OCH3 is 3. The Hall–Kier alpha value is -8.22. The first-order valence-electron chi connectivity index (χ1n) is 32.1. The zero-order valence-electron chi connectivity index (χ0n) is 58.0. The summed E-state index contributed by atoms with van der Waals surface area (Å²) in [4.78, 5) is 112. The molecule has 4 heterocycles. The van der Waals surface area contributed by atoms with E-state index in [1.165, 1.54) is 31.3 Å². The largest absolute Gasteiger partial charge is 0.468 e. The topological polar surface area (TPSA) is 298 Å². The second-order valence-electron chi connectivity index (χ2n) is 25.1. The number of carbonyl (C=O) groups is 8. The molecule has 2 aliphatic heterocycles. The first kappa shape index (κ1) is 81.0. The minimum atomic E-state index is -1.15. The molecule has 0 spiro atoms. The average molecular weight is 1320 g/mol. The highest BCUT2D eigenvalue weighted by Crippen LogP contribution is 2.29. The van der Waals surface area contributed by atoms with Crippen molar-refractivity contribution in [2.24, 2.45) is 23.7 Å². The molecule has 23 heteroatoms. The van der Waals surface area contributed by atoms with E-state index in [0.29, 0.717) is 38.8 Å². The lowest BCUT2D eigenvalue weighted by molar-refractivity contribution is -0.164. The van der Waals surface area contributed by atoms with Crippen LogP contribution < -0.4 is 32.1 Å². The van der Waals surface area contributed by atoms with Crippen molar-refractivity contribution in [3.63, 3.8) is 0 Å². The number of amides is 6. The Kier molecular flexibility index (Phi) is 32.2. The molecule has 6 amide bonds. The number of ether oxygens (including phenoxy) is 4. The van der Waals surface area contributed by atoms with E-state index in [1.807, 2.05) is 103 Å². The summed E-state index contributed by atoms with van der Waals surface area (Å²) in [5.41, 5.74) is 7.18. The van der Waals surface area contributed by atoms with E-state index < -0.39 is 101 Å². The summed E-state index contributed by atoms with van der Waals surface area (Å²) in [6, 6.07) is 12.1. The van der Waals surface area contributed by atoms with Gasteiger partial charge in [0.15, 0.2) is 0 Å². The Morgan fingerprint density at radius 2 is 0.958 bits per heavy atom. The number of carbonyl (C=O) groups excluding carboxylic acids is 8. The highest BCUT2D eigenvalue weighted by atomic mass is 16.5. The Morgan fingerprint density at radius 1 is 0.568 bits per heavy atom. The summed E-state index contributed by atoms with van der Waals surface area (Å²) in [5.74, 6) is -4.80. The second kappa shape index (κ2) is 37.8. The van der Waals surface area contributed by atoms with E-state index in [0.717, 1.165) is 44.1 Å². The van der Waals surface area contributed by atoms with Gasteiger partial charge < -0.3 is 45.3 Å². The number of aliphatic hydroxyl groups excluding tert-OH is 1. The smallest absolute Gasteiger partial charge is 0.328 e. The van der Waals surface area contributed by atoms with E-state index in [1.54, 1.807) is 91.1 Å². The summed E-state index contributed by atoms with van der Waals surface area (Å²) < 4.78 is 21.5. The molecule has 2 fully saturated rings. The van der Waals surface area contributed by atoms with Gasteiger partial charge in [-0.2, -0.15) is 0 Å². The molecule has 23 nitrogen and oxygen atoms in total. The molecule has 12 atom stereocenters. The van der Waals surface area contributed by atoms with Crippen molar-refractivity contribution in [2.45, 2.75) is 190 Å².